The van der Waals surface area contributed by atoms with Gasteiger partial charge in [-0.25, -0.2) is 0 Å². The molecule has 10 rings (SSSR count). The average molecular weight is 603 g/mol. The predicted molar refractivity (Wildman–Crippen MR) is 200 cm³/mol. The number of rotatable bonds is 2. The van der Waals surface area contributed by atoms with E-state index in [2.05, 4.69) is 159 Å². The summed E-state index contributed by atoms with van der Waals surface area (Å²) in [4.78, 5) is 0. The zero-order valence-electron chi connectivity index (χ0n) is 25.8. The molecule has 0 unspecified atom stereocenters. The van der Waals surface area contributed by atoms with E-state index in [9.17, 15) is 0 Å². The van der Waals surface area contributed by atoms with Gasteiger partial charge in [0.15, 0.2) is 0 Å². The summed E-state index contributed by atoms with van der Waals surface area (Å²) in [5.41, 5.74) is 10.7. The lowest BCUT2D eigenvalue weighted by Crippen LogP contribution is -2.14. The number of thiophene rings is 1. The van der Waals surface area contributed by atoms with Gasteiger partial charge >= 0.3 is 0 Å². The fourth-order valence-electron chi connectivity index (χ4n) is 8.27. The Kier molecular flexibility index (Phi) is 5.31. The van der Waals surface area contributed by atoms with Gasteiger partial charge in [-0.3, -0.25) is 0 Å². The summed E-state index contributed by atoms with van der Waals surface area (Å²) < 4.78 is 2.71. The Morgan fingerprint density at radius 3 is 1.70 bits per heavy atom. The monoisotopic (exact) mass is 602 g/mol. The third-order valence-corrected chi connectivity index (χ3v) is 11.7. The van der Waals surface area contributed by atoms with E-state index in [1.807, 2.05) is 11.3 Å². The molecule has 216 valence electrons. The van der Waals surface area contributed by atoms with Crippen LogP contribution in [-0.2, 0) is 5.41 Å². The number of benzene rings is 8. The molecule has 1 heterocycles. The van der Waals surface area contributed by atoms with Gasteiger partial charge in [0, 0.05) is 25.6 Å². The molecule has 1 aliphatic rings. The minimum Gasteiger partial charge on any atom is -0.135 e. The lowest BCUT2D eigenvalue weighted by atomic mass is 9.80. The number of hydrogen-bond donors (Lipinski definition) is 0. The quantitative estimate of drug-likeness (QED) is 0.173. The lowest BCUT2D eigenvalue weighted by Gasteiger charge is -2.23. The Bertz CT molecular complexity index is 2660. The van der Waals surface area contributed by atoms with Gasteiger partial charge in [0.1, 0.15) is 0 Å². The van der Waals surface area contributed by atoms with Crippen LogP contribution in [0, 0.1) is 0 Å². The maximum absolute atomic E-state index is 2.47. The minimum atomic E-state index is -0.0441. The molecular formula is C45H30S. The van der Waals surface area contributed by atoms with Crippen LogP contribution in [0.15, 0.2) is 146 Å². The Morgan fingerprint density at radius 1 is 0.413 bits per heavy atom. The summed E-state index contributed by atoms with van der Waals surface area (Å²) in [5, 5.41) is 10.5. The molecule has 1 aliphatic carbocycles. The third-order valence-electron chi connectivity index (χ3n) is 10.5. The third kappa shape index (κ3) is 3.49. The predicted octanol–water partition coefficient (Wildman–Crippen LogP) is 13.2. The van der Waals surface area contributed by atoms with Crippen LogP contribution in [0.3, 0.4) is 0 Å². The van der Waals surface area contributed by atoms with Gasteiger partial charge in [-0.15, -0.1) is 11.3 Å². The van der Waals surface area contributed by atoms with E-state index >= 15 is 0 Å². The van der Waals surface area contributed by atoms with Crippen molar-refractivity contribution in [2.45, 2.75) is 19.3 Å². The van der Waals surface area contributed by atoms with Gasteiger partial charge in [-0.1, -0.05) is 141 Å². The first-order valence-corrected chi connectivity index (χ1v) is 16.9. The van der Waals surface area contributed by atoms with Crippen LogP contribution in [0.2, 0.25) is 0 Å². The average Bonchev–Trinajstić information content (AvgIpc) is 3.59. The van der Waals surface area contributed by atoms with Crippen molar-refractivity contribution in [3.8, 4) is 33.4 Å². The van der Waals surface area contributed by atoms with Crippen LogP contribution in [0.4, 0.5) is 0 Å². The number of hydrogen-bond acceptors (Lipinski definition) is 1. The summed E-state index contributed by atoms with van der Waals surface area (Å²) in [6, 6.07) is 54.6. The molecule has 0 saturated heterocycles. The summed E-state index contributed by atoms with van der Waals surface area (Å²) in [5.74, 6) is 0. The zero-order chi connectivity index (χ0) is 30.6. The molecule has 9 aromatic rings. The van der Waals surface area contributed by atoms with Crippen LogP contribution < -0.4 is 0 Å². The van der Waals surface area contributed by atoms with Crippen molar-refractivity contribution >= 4 is 63.8 Å². The van der Waals surface area contributed by atoms with Gasteiger partial charge in [0.05, 0.1) is 0 Å². The highest BCUT2D eigenvalue weighted by molar-refractivity contribution is 7.26. The zero-order valence-corrected chi connectivity index (χ0v) is 26.6. The first-order chi connectivity index (χ1) is 22.6. The van der Waals surface area contributed by atoms with Crippen molar-refractivity contribution in [2.75, 3.05) is 0 Å². The fourth-order valence-corrected chi connectivity index (χ4v) is 9.49. The van der Waals surface area contributed by atoms with Gasteiger partial charge < -0.3 is 0 Å². The Hall–Kier alpha value is -5.24. The Morgan fingerprint density at radius 2 is 0.978 bits per heavy atom. The van der Waals surface area contributed by atoms with Gasteiger partial charge in [0.25, 0.3) is 0 Å². The minimum absolute atomic E-state index is 0.0441. The normalized spacial score (nSPS) is 13.6. The van der Waals surface area contributed by atoms with Gasteiger partial charge in [-0.2, -0.15) is 0 Å². The topological polar surface area (TPSA) is 0 Å². The second-order valence-electron chi connectivity index (χ2n) is 13.2. The molecule has 46 heavy (non-hydrogen) atoms. The Labute approximate surface area is 272 Å². The van der Waals surface area contributed by atoms with Crippen molar-refractivity contribution in [1.29, 1.82) is 0 Å². The maximum Gasteiger partial charge on any atom is 0.0433 e. The highest BCUT2D eigenvalue weighted by Gasteiger charge is 2.35. The Balaban J connectivity index is 1.24. The molecule has 0 atom stereocenters. The molecular weight excluding hydrogens is 573 g/mol. The van der Waals surface area contributed by atoms with E-state index in [4.69, 9.17) is 0 Å². The SMILES string of the molecule is CC1(C)c2ccccc2-c2ccc(-c3c4ccccc4c(-c4ccc5sc6c7ccccc7ccc6c5c4)c4ccccc34)cc21. The molecule has 0 amide bonds. The van der Waals surface area contributed by atoms with Crippen molar-refractivity contribution < 1.29 is 0 Å². The molecule has 0 bridgehead atoms. The molecule has 0 aliphatic heterocycles. The van der Waals surface area contributed by atoms with Gasteiger partial charge in [0.2, 0.25) is 0 Å². The van der Waals surface area contributed by atoms with E-state index < -0.39 is 0 Å². The van der Waals surface area contributed by atoms with E-state index in [1.165, 1.54) is 97.0 Å². The van der Waals surface area contributed by atoms with Crippen LogP contribution in [-0.4, -0.2) is 0 Å². The van der Waals surface area contributed by atoms with Crippen LogP contribution in [0.5, 0.6) is 0 Å². The van der Waals surface area contributed by atoms with Crippen LogP contribution >= 0.6 is 11.3 Å². The standard InChI is InChI=1S/C45H30S/c1-45(2)39-18-10-9-13-31(39)32-22-20-29(26-40(32)45)43-35-16-7-5-14-33(35)42(34-15-6-8-17-36(34)43)28-21-24-41-38(25-28)37-23-19-27-11-3-4-12-30(27)44(37)46-41/h3-26H,1-2H3. The second-order valence-corrected chi connectivity index (χ2v) is 14.3. The molecule has 0 saturated carbocycles. The summed E-state index contributed by atoms with van der Waals surface area (Å²) in [6.45, 7) is 4.74. The first-order valence-electron chi connectivity index (χ1n) is 16.1. The molecule has 0 fully saturated rings. The largest absolute Gasteiger partial charge is 0.135 e. The van der Waals surface area contributed by atoms with Crippen LogP contribution in [0.1, 0.15) is 25.0 Å². The smallest absolute Gasteiger partial charge is 0.0433 e. The first kappa shape index (κ1) is 26.0. The molecule has 0 nitrogen and oxygen atoms in total. The van der Waals surface area contributed by atoms with Crippen molar-refractivity contribution in [3.63, 3.8) is 0 Å². The highest BCUT2D eigenvalue weighted by atomic mass is 32.1. The molecule has 1 aromatic heterocycles. The maximum atomic E-state index is 2.47. The lowest BCUT2D eigenvalue weighted by molar-refractivity contribution is 0.660. The van der Waals surface area contributed by atoms with Crippen molar-refractivity contribution in [2.24, 2.45) is 0 Å². The van der Waals surface area contributed by atoms with Gasteiger partial charge in [-0.05, 0) is 95.0 Å². The van der Waals surface area contributed by atoms with E-state index in [-0.39, 0.29) is 5.41 Å². The summed E-state index contributed by atoms with van der Waals surface area (Å²) in [6.07, 6.45) is 0. The van der Waals surface area contributed by atoms with E-state index in [0.29, 0.717) is 0 Å². The molecule has 0 spiro atoms. The van der Waals surface area contributed by atoms with Crippen LogP contribution in [0.25, 0.3) is 85.9 Å². The van der Waals surface area contributed by atoms with Crippen molar-refractivity contribution in [1.82, 2.24) is 0 Å². The molecule has 8 aromatic carbocycles. The molecule has 0 N–H and O–H groups in total. The van der Waals surface area contributed by atoms with E-state index in [0.717, 1.165) is 0 Å². The van der Waals surface area contributed by atoms with Crippen molar-refractivity contribution in [3.05, 3.63) is 157 Å². The molecule has 1 heteroatoms. The molecule has 0 radical (unpaired) electrons. The summed E-state index contributed by atoms with van der Waals surface area (Å²) in [7, 11) is 0. The fraction of sp³-hybridized carbons (Fsp3) is 0.0667. The summed E-state index contributed by atoms with van der Waals surface area (Å²) >= 11 is 1.91. The second kappa shape index (κ2) is 9.39. The highest BCUT2D eigenvalue weighted by Crippen LogP contribution is 2.51. The number of fused-ring (bicyclic) bond motifs is 10. The van der Waals surface area contributed by atoms with E-state index in [1.54, 1.807) is 0 Å².